The van der Waals surface area contributed by atoms with E-state index in [1.54, 1.807) is 7.11 Å². The van der Waals surface area contributed by atoms with Crippen LogP contribution in [0.2, 0.25) is 0 Å². The highest BCUT2D eigenvalue weighted by Gasteiger charge is 2.15. The zero-order chi connectivity index (χ0) is 19.0. The monoisotopic (exact) mass is 378 g/mol. The molecule has 136 valence electrons. The second kappa shape index (κ2) is 6.86. The predicted molar refractivity (Wildman–Crippen MR) is 111 cm³/mol. The van der Waals surface area contributed by atoms with Crippen molar-refractivity contribution in [2.75, 3.05) is 17.9 Å². The van der Waals surface area contributed by atoms with E-state index < -0.39 is 0 Å². The van der Waals surface area contributed by atoms with Crippen LogP contribution < -0.4 is 21.3 Å². The Morgan fingerprint density at radius 1 is 1.15 bits per heavy atom. The number of nitrogen functional groups attached to an aromatic ring is 1. The maximum Gasteiger partial charge on any atom is 0.259 e. The van der Waals surface area contributed by atoms with Gasteiger partial charge in [0.05, 0.1) is 22.9 Å². The van der Waals surface area contributed by atoms with Gasteiger partial charge in [-0.2, -0.15) is 0 Å². The largest absolute Gasteiger partial charge is 0.496 e. The number of thiazole rings is 1. The van der Waals surface area contributed by atoms with Gasteiger partial charge in [-0.25, -0.2) is 10.8 Å². The van der Waals surface area contributed by atoms with Gasteiger partial charge >= 0.3 is 0 Å². The molecule has 0 spiro atoms. The number of hydrogen-bond donors (Lipinski definition) is 3. The zero-order valence-corrected chi connectivity index (χ0v) is 15.7. The average molecular weight is 378 g/mol. The highest BCUT2D eigenvalue weighted by Crippen LogP contribution is 2.32. The van der Waals surface area contributed by atoms with Gasteiger partial charge in [0.25, 0.3) is 5.91 Å². The van der Waals surface area contributed by atoms with Gasteiger partial charge in [0.2, 0.25) is 0 Å². The molecular weight excluding hydrogens is 360 g/mol. The van der Waals surface area contributed by atoms with Gasteiger partial charge in [0.15, 0.2) is 5.13 Å². The average Bonchev–Trinajstić information content (AvgIpc) is 3.10. The summed E-state index contributed by atoms with van der Waals surface area (Å²) < 4.78 is 6.38. The van der Waals surface area contributed by atoms with Gasteiger partial charge in [-0.3, -0.25) is 10.2 Å². The third kappa shape index (κ3) is 3.18. The minimum Gasteiger partial charge on any atom is -0.496 e. The number of fused-ring (bicyclic) bond motifs is 2. The van der Waals surface area contributed by atoms with Gasteiger partial charge in [-0.1, -0.05) is 35.6 Å². The van der Waals surface area contributed by atoms with Gasteiger partial charge < -0.3 is 10.1 Å². The molecule has 0 saturated carbocycles. The molecule has 0 bridgehead atoms. The molecule has 7 heteroatoms. The summed E-state index contributed by atoms with van der Waals surface area (Å²) in [5.41, 5.74) is 5.59. The molecule has 0 aliphatic heterocycles. The number of methoxy groups -OCH3 is 1. The van der Waals surface area contributed by atoms with Crippen LogP contribution in [-0.4, -0.2) is 18.0 Å². The Morgan fingerprint density at radius 3 is 2.59 bits per heavy atom. The van der Waals surface area contributed by atoms with E-state index in [2.05, 4.69) is 15.7 Å². The van der Waals surface area contributed by atoms with Gasteiger partial charge in [0, 0.05) is 5.69 Å². The Bertz CT molecular complexity index is 1170. The number of carbonyl (C=O) groups is 1. The van der Waals surface area contributed by atoms with Crippen molar-refractivity contribution in [1.29, 1.82) is 0 Å². The molecule has 1 amide bonds. The number of benzene rings is 3. The lowest BCUT2D eigenvalue weighted by Gasteiger charge is -2.11. The molecule has 1 aromatic heterocycles. The molecule has 0 atom stereocenters. The molecular formula is C20H18N4O2S. The Morgan fingerprint density at radius 2 is 1.89 bits per heavy atom. The number of ether oxygens (including phenoxy) is 1. The molecule has 1 heterocycles. The lowest BCUT2D eigenvalue weighted by atomic mass is 10.1. The van der Waals surface area contributed by atoms with E-state index in [1.807, 2.05) is 55.5 Å². The third-order valence-electron chi connectivity index (χ3n) is 4.38. The van der Waals surface area contributed by atoms with E-state index in [0.29, 0.717) is 22.1 Å². The number of hydrogen-bond acceptors (Lipinski definition) is 6. The van der Waals surface area contributed by atoms with Crippen molar-refractivity contribution in [1.82, 2.24) is 4.98 Å². The SMILES string of the molecule is COc1cc2ccccc2cc1C(=O)Nc1cc(C)c2nc(NN)sc2c1. The molecule has 27 heavy (non-hydrogen) atoms. The highest BCUT2D eigenvalue weighted by atomic mass is 32.1. The fraction of sp³-hybridized carbons (Fsp3) is 0.100. The van der Waals surface area contributed by atoms with Crippen LogP contribution in [0, 0.1) is 6.92 Å². The number of nitrogens with zero attached hydrogens (tertiary/aromatic N) is 1. The normalized spacial score (nSPS) is 10.9. The van der Waals surface area contributed by atoms with Crippen LogP contribution in [0.4, 0.5) is 10.8 Å². The molecule has 0 saturated heterocycles. The van der Waals surface area contributed by atoms with Gasteiger partial charge in [0.1, 0.15) is 5.75 Å². The van der Waals surface area contributed by atoms with Crippen LogP contribution in [0.25, 0.3) is 21.0 Å². The number of nitrogens with two attached hydrogens (primary N) is 1. The molecule has 6 nitrogen and oxygen atoms in total. The van der Waals surface area contributed by atoms with E-state index in [1.165, 1.54) is 11.3 Å². The predicted octanol–water partition coefficient (Wildman–Crippen LogP) is 4.30. The molecule has 3 aromatic carbocycles. The van der Waals surface area contributed by atoms with Crippen molar-refractivity contribution in [3.63, 3.8) is 0 Å². The number of carbonyl (C=O) groups excluding carboxylic acids is 1. The van der Waals surface area contributed by atoms with Crippen molar-refractivity contribution >= 4 is 49.1 Å². The topological polar surface area (TPSA) is 89.3 Å². The van der Waals surface area contributed by atoms with Crippen LogP contribution in [0.5, 0.6) is 5.75 Å². The van der Waals surface area contributed by atoms with Crippen molar-refractivity contribution in [2.45, 2.75) is 6.92 Å². The Hall–Kier alpha value is -3.16. The van der Waals surface area contributed by atoms with E-state index in [9.17, 15) is 4.79 Å². The fourth-order valence-corrected chi connectivity index (χ4v) is 3.99. The maximum absolute atomic E-state index is 12.9. The smallest absolute Gasteiger partial charge is 0.259 e. The fourth-order valence-electron chi connectivity index (χ4n) is 3.09. The second-order valence-electron chi connectivity index (χ2n) is 6.16. The summed E-state index contributed by atoms with van der Waals surface area (Å²) in [6.45, 7) is 1.95. The number of aromatic nitrogens is 1. The van der Waals surface area contributed by atoms with Crippen molar-refractivity contribution in [3.05, 3.63) is 59.7 Å². The van der Waals surface area contributed by atoms with E-state index in [4.69, 9.17) is 10.6 Å². The lowest BCUT2D eigenvalue weighted by molar-refractivity contribution is 0.102. The molecule has 0 aliphatic rings. The molecule has 0 unspecified atom stereocenters. The van der Waals surface area contributed by atoms with Crippen molar-refractivity contribution in [2.24, 2.45) is 5.84 Å². The molecule has 0 radical (unpaired) electrons. The standard InChI is InChI=1S/C20H18N4O2S/c1-11-7-14(10-17-18(11)23-20(24-21)27-17)22-19(25)15-8-12-5-3-4-6-13(12)9-16(15)26-2/h3-10H,21H2,1-2H3,(H,22,25)(H,23,24). The molecule has 4 N–H and O–H groups in total. The summed E-state index contributed by atoms with van der Waals surface area (Å²) in [6, 6.07) is 15.4. The molecule has 4 aromatic rings. The number of hydrazine groups is 1. The number of anilines is 2. The first kappa shape index (κ1) is 17.3. The number of rotatable bonds is 4. The number of nitrogens with one attached hydrogen (secondary N) is 2. The lowest BCUT2D eigenvalue weighted by Crippen LogP contribution is -2.13. The Labute approximate surface area is 159 Å². The van der Waals surface area contributed by atoms with Gasteiger partial charge in [-0.05, 0) is 47.5 Å². The summed E-state index contributed by atoms with van der Waals surface area (Å²) in [7, 11) is 1.57. The first-order valence-electron chi connectivity index (χ1n) is 8.35. The van der Waals surface area contributed by atoms with Crippen LogP contribution in [0.3, 0.4) is 0 Å². The summed E-state index contributed by atoms with van der Waals surface area (Å²) in [5, 5.41) is 5.60. The molecule has 0 aliphatic carbocycles. The summed E-state index contributed by atoms with van der Waals surface area (Å²) in [5.74, 6) is 5.76. The Balaban J connectivity index is 1.71. The summed E-state index contributed by atoms with van der Waals surface area (Å²) in [6.07, 6.45) is 0. The van der Waals surface area contributed by atoms with Crippen molar-refractivity contribution < 1.29 is 9.53 Å². The quantitative estimate of drug-likeness (QED) is 0.364. The summed E-state index contributed by atoms with van der Waals surface area (Å²) >= 11 is 1.43. The Kier molecular flexibility index (Phi) is 4.39. The van der Waals surface area contributed by atoms with E-state index in [-0.39, 0.29) is 5.91 Å². The van der Waals surface area contributed by atoms with E-state index in [0.717, 1.165) is 26.6 Å². The zero-order valence-electron chi connectivity index (χ0n) is 14.9. The maximum atomic E-state index is 12.9. The van der Waals surface area contributed by atoms with Crippen LogP contribution in [-0.2, 0) is 0 Å². The minimum atomic E-state index is -0.224. The number of aryl methyl sites for hydroxylation is 1. The molecule has 0 fully saturated rings. The van der Waals surface area contributed by atoms with Crippen LogP contribution in [0.15, 0.2) is 48.5 Å². The minimum absolute atomic E-state index is 0.224. The highest BCUT2D eigenvalue weighted by molar-refractivity contribution is 7.22. The summed E-state index contributed by atoms with van der Waals surface area (Å²) in [4.78, 5) is 17.3. The van der Waals surface area contributed by atoms with E-state index >= 15 is 0 Å². The number of amides is 1. The second-order valence-corrected chi connectivity index (χ2v) is 7.19. The van der Waals surface area contributed by atoms with Crippen LogP contribution >= 0.6 is 11.3 Å². The van der Waals surface area contributed by atoms with Crippen molar-refractivity contribution in [3.8, 4) is 5.75 Å². The van der Waals surface area contributed by atoms with Crippen LogP contribution in [0.1, 0.15) is 15.9 Å². The first-order chi connectivity index (χ1) is 13.1. The molecule has 4 rings (SSSR count). The third-order valence-corrected chi connectivity index (χ3v) is 5.31. The first-order valence-corrected chi connectivity index (χ1v) is 9.16. The van der Waals surface area contributed by atoms with Gasteiger partial charge in [-0.15, -0.1) is 0 Å².